The minimum absolute atomic E-state index is 0.292. The maximum Gasteiger partial charge on any atom is 0.102 e. The van der Waals surface area contributed by atoms with Gasteiger partial charge in [0.1, 0.15) is 13.1 Å². The van der Waals surface area contributed by atoms with Gasteiger partial charge in [-0.15, -0.1) is 0 Å². The molecule has 0 atom stereocenters. The fourth-order valence-corrected chi connectivity index (χ4v) is 0.858. The Morgan fingerprint density at radius 2 is 1.00 bits per heavy atom. The smallest absolute Gasteiger partial charge is 0.102 e. The van der Waals surface area contributed by atoms with E-state index in [1.165, 1.54) is 0 Å². The second kappa shape index (κ2) is 12.3. The molecule has 0 spiro atoms. The zero-order chi connectivity index (χ0) is 17.7. The summed E-state index contributed by atoms with van der Waals surface area (Å²) in [5, 5.41) is 17.0. The summed E-state index contributed by atoms with van der Waals surface area (Å²) in [6.07, 6.45) is 0. The van der Waals surface area contributed by atoms with Crippen LogP contribution < -0.4 is 0 Å². The van der Waals surface area contributed by atoms with E-state index >= 15 is 0 Å². The lowest BCUT2D eigenvalue weighted by Crippen LogP contribution is -2.41. The predicted molar refractivity (Wildman–Crippen MR) is 79.7 cm³/mol. The number of rotatable bonds is 6. The second-order valence-electron chi connectivity index (χ2n) is 5.81. The number of hydrogen-bond donors (Lipinski definition) is 2. The SMILES string of the molecule is CC[N+](C)(C)CCO.CC[N+](C)(C)CCO.O=S(=O)([O-])[O-]. The third kappa shape index (κ3) is 32.9. The molecule has 0 rings (SSSR count). The highest BCUT2D eigenvalue weighted by atomic mass is 32.3. The highest BCUT2D eigenvalue weighted by Crippen LogP contribution is 1.92. The largest absolute Gasteiger partial charge is 0.759 e. The monoisotopic (exact) mass is 332 g/mol. The molecule has 0 bridgehead atoms. The first kappa shape index (κ1) is 25.7. The van der Waals surface area contributed by atoms with Gasteiger partial charge >= 0.3 is 0 Å². The van der Waals surface area contributed by atoms with E-state index in [0.717, 1.165) is 35.1 Å². The molecular formula is C12H32N2O6S. The molecule has 0 aromatic heterocycles. The fraction of sp³-hybridized carbons (Fsp3) is 1.00. The summed E-state index contributed by atoms with van der Waals surface area (Å²) < 4.78 is 35.9. The van der Waals surface area contributed by atoms with E-state index in [1.54, 1.807) is 0 Å². The van der Waals surface area contributed by atoms with Gasteiger partial charge in [-0.1, -0.05) is 0 Å². The average Bonchev–Trinajstić information content (AvgIpc) is 2.28. The van der Waals surface area contributed by atoms with Crippen LogP contribution in [0, 0.1) is 0 Å². The topological polar surface area (TPSA) is 121 Å². The lowest BCUT2D eigenvalue weighted by Gasteiger charge is -2.26. The van der Waals surface area contributed by atoms with Crippen molar-refractivity contribution >= 4 is 10.4 Å². The van der Waals surface area contributed by atoms with Crippen LogP contribution in [-0.4, -0.2) is 104 Å². The molecule has 2 N–H and O–H groups in total. The molecule has 0 aliphatic heterocycles. The molecule has 0 heterocycles. The Morgan fingerprint density at radius 1 is 0.810 bits per heavy atom. The number of aliphatic hydroxyl groups is 2. The van der Waals surface area contributed by atoms with Crippen molar-refractivity contribution in [2.45, 2.75) is 13.8 Å². The molecule has 0 aromatic rings. The molecule has 0 amide bonds. The van der Waals surface area contributed by atoms with Gasteiger partial charge < -0.3 is 28.3 Å². The van der Waals surface area contributed by atoms with Gasteiger partial charge in [0.15, 0.2) is 0 Å². The third-order valence-electron chi connectivity index (χ3n) is 3.12. The first-order valence-corrected chi connectivity index (χ1v) is 8.10. The Hall–Kier alpha value is -0.290. The van der Waals surface area contributed by atoms with E-state index in [1.807, 2.05) is 0 Å². The summed E-state index contributed by atoms with van der Waals surface area (Å²) in [5.41, 5.74) is 0. The van der Waals surface area contributed by atoms with Crippen LogP contribution in [0.15, 0.2) is 0 Å². The van der Waals surface area contributed by atoms with Gasteiger partial charge in [0.2, 0.25) is 0 Å². The summed E-state index contributed by atoms with van der Waals surface area (Å²) in [6, 6.07) is 0. The molecule has 9 heteroatoms. The van der Waals surface area contributed by atoms with E-state index in [4.69, 9.17) is 27.7 Å². The van der Waals surface area contributed by atoms with E-state index in [-0.39, 0.29) is 0 Å². The number of quaternary nitrogens is 2. The molecule has 0 aliphatic rings. The lowest BCUT2D eigenvalue weighted by molar-refractivity contribution is -0.888. The first-order chi connectivity index (χ1) is 9.24. The minimum atomic E-state index is -5.17. The molecule has 0 aliphatic carbocycles. The molecule has 8 nitrogen and oxygen atoms in total. The third-order valence-corrected chi connectivity index (χ3v) is 3.12. The highest BCUT2D eigenvalue weighted by molar-refractivity contribution is 7.79. The van der Waals surface area contributed by atoms with Crippen molar-refractivity contribution in [2.75, 3.05) is 67.6 Å². The lowest BCUT2D eigenvalue weighted by atomic mass is 10.4. The Kier molecular flexibility index (Phi) is 15.0. The van der Waals surface area contributed by atoms with Crippen LogP contribution in [-0.2, 0) is 10.4 Å². The van der Waals surface area contributed by atoms with Gasteiger partial charge in [-0.3, -0.25) is 8.42 Å². The zero-order valence-electron chi connectivity index (χ0n) is 14.1. The van der Waals surface area contributed by atoms with Crippen LogP contribution in [0.1, 0.15) is 13.8 Å². The molecule has 0 saturated carbocycles. The van der Waals surface area contributed by atoms with Gasteiger partial charge in [0, 0.05) is 10.4 Å². The number of aliphatic hydroxyl groups excluding tert-OH is 2. The Balaban J connectivity index is -0.000000239. The predicted octanol–water partition coefficient (Wildman–Crippen LogP) is -1.19. The second-order valence-corrected chi connectivity index (χ2v) is 6.62. The quantitative estimate of drug-likeness (QED) is 0.358. The maximum atomic E-state index is 8.52. The van der Waals surface area contributed by atoms with E-state index in [9.17, 15) is 0 Å². The fourth-order valence-electron chi connectivity index (χ4n) is 0.858. The van der Waals surface area contributed by atoms with Gasteiger partial charge in [-0.2, -0.15) is 0 Å². The first-order valence-electron chi connectivity index (χ1n) is 6.77. The van der Waals surface area contributed by atoms with Gasteiger partial charge in [-0.05, 0) is 13.8 Å². The molecule has 21 heavy (non-hydrogen) atoms. The van der Waals surface area contributed by atoms with E-state index < -0.39 is 10.4 Å². The standard InChI is InChI=1S/2C6H16NO.H2O4S/c2*1-4-7(2,3)5-6-8;1-5(2,3)4/h2*8H,4-6H2,1-3H3;(H2,1,2,3,4)/q2*+1;/p-2. The normalized spacial score (nSPS) is 11.9. The molecule has 0 radical (unpaired) electrons. The maximum absolute atomic E-state index is 8.52. The van der Waals surface area contributed by atoms with Crippen molar-refractivity contribution in [3.63, 3.8) is 0 Å². The van der Waals surface area contributed by atoms with Gasteiger partial charge in [0.25, 0.3) is 0 Å². The number of nitrogens with zero attached hydrogens (tertiary/aromatic N) is 2. The summed E-state index contributed by atoms with van der Waals surface area (Å²) in [6.45, 7) is 8.71. The zero-order valence-corrected chi connectivity index (χ0v) is 14.9. The Labute approximate surface area is 129 Å². The van der Waals surface area contributed by atoms with Crippen molar-refractivity contribution < 1.29 is 36.7 Å². The van der Waals surface area contributed by atoms with Crippen LogP contribution in [0.3, 0.4) is 0 Å². The summed E-state index contributed by atoms with van der Waals surface area (Å²) in [4.78, 5) is 0. The molecule has 0 aromatic carbocycles. The van der Waals surface area contributed by atoms with Crippen LogP contribution in [0.5, 0.6) is 0 Å². The molecule has 132 valence electrons. The van der Waals surface area contributed by atoms with E-state index in [2.05, 4.69) is 42.0 Å². The number of hydrogen-bond acceptors (Lipinski definition) is 6. The van der Waals surface area contributed by atoms with E-state index in [0.29, 0.717) is 13.2 Å². The van der Waals surface area contributed by atoms with Crippen molar-refractivity contribution in [2.24, 2.45) is 0 Å². The molecule has 0 fully saturated rings. The molecule has 0 saturated heterocycles. The van der Waals surface area contributed by atoms with Crippen LogP contribution in [0.2, 0.25) is 0 Å². The van der Waals surface area contributed by atoms with Crippen LogP contribution >= 0.6 is 0 Å². The van der Waals surface area contributed by atoms with Crippen LogP contribution in [0.4, 0.5) is 0 Å². The van der Waals surface area contributed by atoms with Crippen molar-refractivity contribution in [1.82, 2.24) is 0 Å². The highest BCUT2D eigenvalue weighted by Gasteiger charge is 2.09. The Morgan fingerprint density at radius 3 is 1.05 bits per heavy atom. The average molecular weight is 332 g/mol. The summed E-state index contributed by atoms with van der Waals surface area (Å²) in [7, 11) is 3.26. The summed E-state index contributed by atoms with van der Waals surface area (Å²) in [5.74, 6) is 0. The minimum Gasteiger partial charge on any atom is -0.759 e. The van der Waals surface area contributed by atoms with Crippen molar-refractivity contribution in [1.29, 1.82) is 0 Å². The Bertz CT molecular complexity index is 305. The summed E-state index contributed by atoms with van der Waals surface area (Å²) >= 11 is 0. The van der Waals surface area contributed by atoms with Crippen LogP contribution in [0.25, 0.3) is 0 Å². The number of likely N-dealkylation sites (N-methyl/N-ethyl adjacent to an activating group) is 2. The van der Waals surface area contributed by atoms with Gasteiger partial charge in [-0.25, -0.2) is 0 Å². The molecule has 0 unspecified atom stereocenters. The van der Waals surface area contributed by atoms with Crippen molar-refractivity contribution in [3.8, 4) is 0 Å². The van der Waals surface area contributed by atoms with Gasteiger partial charge in [0.05, 0.1) is 54.5 Å². The molecular weight excluding hydrogens is 300 g/mol. The van der Waals surface area contributed by atoms with Crippen molar-refractivity contribution in [3.05, 3.63) is 0 Å².